The van der Waals surface area contributed by atoms with Crippen molar-refractivity contribution in [3.05, 3.63) is 61.1 Å². The van der Waals surface area contributed by atoms with Gasteiger partial charge < -0.3 is 5.84 Å². The monoisotopic (exact) mass is 515 g/mol. The zero-order valence-corrected chi connectivity index (χ0v) is 18.4. The second-order valence-electron chi connectivity index (χ2n) is 6.67. The summed E-state index contributed by atoms with van der Waals surface area (Å²) >= 11 is 5.79. The number of halogens is 5. The number of unbranched alkanes of at least 4 members (excludes halogenated alkanes) is 2. The van der Waals surface area contributed by atoms with Gasteiger partial charge in [-0.1, -0.05) is 31.4 Å². The molecule has 0 saturated heterocycles. The molecule has 1 aromatic heterocycles. The number of carbonyl (C=O) groups excluding carboxylic acids is 1. The van der Waals surface area contributed by atoms with E-state index >= 15 is 0 Å². The van der Waals surface area contributed by atoms with E-state index in [2.05, 4.69) is 4.72 Å². The van der Waals surface area contributed by atoms with Crippen LogP contribution in [0.5, 0.6) is 0 Å². The van der Waals surface area contributed by atoms with E-state index in [0.717, 1.165) is 12.8 Å². The Kier molecular flexibility index (Phi) is 7.92. The summed E-state index contributed by atoms with van der Waals surface area (Å²) in [6, 6.07) is 0.979. The highest BCUT2D eigenvalue weighted by molar-refractivity contribution is 7.88. The average Bonchev–Trinajstić information content (AvgIpc) is 2.68. The molecule has 0 spiro atoms. The maximum Gasteiger partial charge on any atom is 0.433 e. The molecule has 1 aromatic carbocycles. The van der Waals surface area contributed by atoms with Crippen LogP contribution in [0.15, 0.2) is 27.8 Å². The van der Waals surface area contributed by atoms with Crippen molar-refractivity contribution < 1.29 is 30.8 Å². The fourth-order valence-electron chi connectivity index (χ4n) is 2.67. The third-order valence-electron chi connectivity index (χ3n) is 4.25. The molecule has 1 heterocycles. The summed E-state index contributed by atoms with van der Waals surface area (Å²) in [4.78, 5) is 36.8. The van der Waals surface area contributed by atoms with Crippen LogP contribution in [0.4, 0.5) is 17.6 Å². The number of benzene rings is 1. The highest BCUT2D eigenvalue weighted by Crippen LogP contribution is 2.27. The molecule has 2 aromatic rings. The number of carbonyl (C=O) groups is 1. The van der Waals surface area contributed by atoms with E-state index in [1.54, 1.807) is 4.72 Å². The predicted molar refractivity (Wildman–Crippen MR) is 110 cm³/mol. The Labute approximate surface area is 189 Å². The van der Waals surface area contributed by atoms with Crippen molar-refractivity contribution >= 4 is 27.7 Å². The average molecular weight is 516 g/mol. The van der Waals surface area contributed by atoms with Crippen LogP contribution in [0.25, 0.3) is 5.69 Å². The molecule has 0 radical (unpaired) electrons. The molecule has 0 aliphatic rings. The van der Waals surface area contributed by atoms with E-state index in [1.165, 1.54) is 0 Å². The molecule has 4 N–H and O–H groups in total. The van der Waals surface area contributed by atoms with Crippen molar-refractivity contribution in [3.8, 4) is 5.69 Å². The van der Waals surface area contributed by atoms with Gasteiger partial charge in [-0.15, -0.1) is 0 Å². The maximum atomic E-state index is 14.5. The van der Waals surface area contributed by atoms with E-state index in [4.69, 9.17) is 17.4 Å². The first-order valence-electron chi connectivity index (χ1n) is 9.22. The number of rotatable bonds is 8. The van der Waals surface area contributed by atoms with Gasteiger partial charge in [0.05, 0.1) is 16.3 Å². The summed E-state index contributed by atoms with van der Waals surface area (Å²) < 4.78 is 80.5. The Morgan fingerprint density at radius 1 is 1.18 bits per heavy atom. The molecule has 0 fully saturated rings. The summed E-state index contributed by atoms with van der Waals surface area (Å²) in [5.74, 6) is 2.40. The summed E-state index contributed by atoms with van der Waals surface area (Å²) in [6.07, 6.45) is -3.12. The van der Waals surface area contributed by atoms with Gasteiger partial charge in [-0.25, -0.2) is 23.2 Å². The zero-order valence-electron chi connectivity index (χ0n) is 16.9. The number of alkyl halides is 3. The molecule has 10 nitrogen and oxygen atoms in total. The standard InChI is InChI=1S/C17H18ClF4N5O5S/c1-2-3-4-5-24-33(31,32)25-15(29)9-6-12(11(19)7-10(9)18)26-14(28)8-13(17(20,21)22)27(23)16(26)30/h6-8,24H,2-5,23H2,1H3,(H,25,29). The van der Waals surface area contributed by atoms with Crippen LogP contribution < -0.4 is 26.5 Å². The van der Waals surface area contributed by atoms with Crippen LogP contribution in [-0.4, -0.2) is 30.1 Å². The summed E-state index contributed by atoms with van der Waals surface area (Å²) in [5.41, 5.74) is -6.82. The van der Waals surface area contributed by atoms with E-state index in [1.807, 2.05) is 6.92 Å². The van der Waals surface area contributed by atoms with Gasteiger partial charge in [0.2, 0.25) is 0 Å². The number of nitrogens with zero attached hydrogens (tertiary/aromatic N) is 2. The van der Waals surface area contributed by atoms with Crippen molar-refractivity contribution in [1.82, 2.24) is 18.7 Å². The minimum absolute atomic E-state index is 0.0237. The van der Waals surface area contributed by atoms with Crippen LogP contribution in [0, 0.1) is 5.82 Å². The van der Waals surface area contributed by atoms with Gasteiger partial charge >= 0.3 is 22.1 Å². The van der Waals surface area contributed by atoms with Crippen molar-refractivity contribution in [3.63, 3.8) is 0 Å². The number of nitrogen functional groups attached to an aromatic ring is 1. The van der Waals surface area contributed by atoms with Crippen molar-refractivity contribution in [2.45, 2.75) is 32.4 Å². The lowest BCUT2D eigenvalue weighted by atomic mass is 10.1. The molecule has 0 atom stereocenters. The third-order valence-corrected chi connectivity index (χ3v) is 5.60. The summed E-state index contributed by atoms with van der Waals surface area (Å²) in [5, 5.41) is -0.594. The van der Waals surface area contributed by atoms with Crippen LogP contribution in [0.3, 0.4) is 0 Å². The smallest absolute Gasteiger partial charge is 0.335 e. The first kappa shape index (κ1) is 26.3. The molecule has 0 aliphatic carbocycles. The molecule has 0 bridgehead atoms. The van der Waals surface area contributed by atoms with Gasteiger partial charge in [0, 0.05) is 12.6 Å². The van der Waals surface area contributed by atoms with Gasteiger partial charge in [0.15, 0.2) is 5.69 Å². The molecular formula is C17H18ClF4N5O5S. The number of nitrogens with one attached hydrogen (secondary N) is 2. The fraction of sp³-hybridized carbons (Fsp3) is 0.353. The van der Waals surface area contributed by atoms with Crippen molar-refractivity contribution in [2.75, 3.05) is 12.4 Å². The number of nitrogens with two attached hydrogens (primary N) is 1. The second-order valence-corrected chi connectivity index (χ2v) is 8.58. The molecule has 2 rings (SSSR count). The molecule has 1 amide bonds. The Balaban J connectivity index is 2.51. The Hall–Kier alpha value is -2.91. The summed E-state index contributed by atoms with van der Waals surface area (Å²) in [7, 11) is -4.34. The maximum absolute atomic E-state index is 14.5. The predicted octanol–water partition coefficient (Wildman–Crippen LogP) is 1.28. The first-order chi connectivity index (χ1) is 15.2. The Bertz CT molecular complexity index is 1290. The molecule has 0 saturated carbocycles. The number of aromatic nitrogens is 2. The van der Waals surface area contributed by atoms with Gasteiger partial charge in [-0.05, 0) is 18.6 Å². The third kappa shape index (κ3) is 6.11. The quantitative estimate of drug-likeness (QED) is 0.274. The van der Waals surface area contributed by atoms with Gasteiger partial charge in [0.25, 0.3) is 11.5 Å². The molecule has 0 unspecified atom stereocenters. The van der Waals surface area contributed by atoms with Gasteiger partial charge in [-0.3, -0.25) is 9.59 Å². The lowest BCUT2D eigenvalue weighted by Gasteiger charge is -2.15. The largest absolute Gasteiger partial charge is 0.433 e. The Morgan fingerprint density at radius 3 is 2.39 bits per heavy atom. The SMILES string of the molecule is CCCCCNS(=O)(=O)NC(=O)c1cc(-n2c(=O)cc(C(F)(F)F)n(N)c2=O)c(F)cc1Cl. The van der Waals surface area contributed by atoms with Crippen molar-refractivity contribution in [2.24, 2.45) is 0 Å². The topological polar surface area (TPSA) is 145 Å². The van der Waals surface area contributed by atoms with E-state index in [0.29, 0.717) is 18.6 Å². The summed E-state index contributed by atoms with van der Waals surface area (Å²) in [6.45, 7) is 1.92. The second kappa shape index (κ2) is 9.93. The molecular weight excluding hydrogens is 498 g/mol. The first-order valence-corrected chi connectivity index (χ1v) is 11.1. The minimum Gasteiger partial charge on any atom is -0.335 e. The van der Waals surface area contributed by atoms with E-state index in [-0.39, 0.29) is 17.2 Å². The fourth-order valence-corrected chi connectivity index (χ4v) is 3.75. The normalized spacial score (nSPS) is 12.1. The molecule has 33 heavy (non-hydrogen) atoms. The number of hydrogen-bond donors (Lipinski definition) is 3. The van der Waals surface area contributed by atoms with E-state index < -0.39 is 66.0 Å². The van der Waals surface area contributed by atoms with Gasteiger partial charge in [0.1, 0.15) is 5.82 Å². The van der Waals surface area contributed by atoms with Crippen molar-refractivity contribution in [1.29, 1.82) is 0 Å². The van der Waals surface area contributed by atoms with E-state index in [9.17, 15) is 40.4 Å². The van der Waals surface area contributed by atoms with Crippen LogP contribution in [-0.2, 0) is 16.4 Å². The molecule has 16 heteroatoms. The molecule has 182 valence electrons. The number of hydrogen-bond acceptors (Lipinski definition) is 6. The highest BCUT2D eigenvalue weighted by atomic mass is 35.5. The van der Waals surface area contributed by atoms with Gasteiger partial charge in [-0.2, -0.15) is 26.3 Å². The Morgan fingerprint density at radius 2 is 1.82 bits per heavy atom. The highest BCUT2D eigenvalue weighted by Gasteiger charge is 2.36. The minimum atomic E-state index is -5.16. The zero-order chi connectivity index (χ0) is 25.1. The van der Waals surface area contributed by atoms with Crippen LogP contribution in [0.2, 0.25) is 5.02 Å². The lowest BCUT2D eigenvalue weighted by Crippen LogP contribution is -2.45. The lowest BCUT2D eigenvalue weighted by molar-refractivity contribution is -0.143. The molecule has 0 aliphatic heterocycles. The number of amides is 1. The van der Waals surface area contributed by atoms with Crippen LogP contribution in [0.1, 0.15) is 42.2 Å². The van der Waals surface area contributed by atoms with Crippen LogP contribution >= 0.6 is 11.6 Å².